The minimum atomic E-state index is -1.16. The molecule has 5 aromatic carbocycles. The molecule has 572 valence electrons. The zero-order chi connectivity index (χ0) is 70.4. The number of unbranched alkanes of at least 4 members (excludes halogenated alkanes) is 5. The van der Waals surface area contributed by atoms with E-state index in [2.05, 4.69) is 48.8 Å². The summed E-state index contributed by atoms with van der Waals surface area (Å²) in [5.74, 6) is 4.74. The van der Waals surface area contributed by atoms with Crippen LogP contribution in [0.1, 0.15) is 136 Å². The molecule has 0 bridgehead atoms. The first kappa shape index (κ1) is 114. The van der Waals surface area contributed by atoms with Gasteiger partial charge in [0.2, 0.25) is 0 Å². The normalized spacial score (nSPS) is 10.9. The molecule has 3 N–H and O–H groups in total. The summed E-state index contributed by atoms with van der Waals surface area (Å²) in [5.41, 5.74) is 3.80. The molecule has 0 spiro atoms. The van der Waals surface area contributed by atoms with Crippen LogP contribution >= 0.6 is 225 Å². The van der Waals surface area contributed by atoms with Crippen LogP contribution in [0.5, 0.6) is 51.7 Å². The molecule has 0 aromatic heterocycles. The molecule has 0 radical (unpaired) electrons. The molecule has 0 aliphatic carbocycles. The maximum absolute atomic E-state index is 9.17. The Morgan fingerprint density at radius 2 is 0.822 bits per heavy atom. The van der Waals surface area contributed by atoms with Crippen molar-refractivity contribution in [3.8, 4) is 51.7 Å². The molecule has 0 saturated heterocycles. The maximum Gasteiger partial charge on any atom is 1.00 e. The number of aromatic hydroxyl groups is 1. The fourth-order valence-electron chi connectivity index (χ4n) is 7.73. The van der Waals surface area contributed by atoms with Crippen molar-refractivity contribution in [2.45, 2.75) is 144 Å². The predicted octanol–water partition coefficient (Wildman–Crippen LogP) is 23.1. The molecule has 0 amide bonds. The second-order valence-corrected chi connectivity index (χ2v) is 30.2. The monoisotopic (exact) mass is 1890 g/mol. The number of phenolic OH excluding ortho intramolecular Hbond substituents is 1. The van der Waals surface area contributed by atoms with Gasteiger partial charge in [-0.05, 0) is 114 Å². The first-order valence-corrected chi connectivity index (χ1v) is 36.8. The second kappa shape index (κ2) is 64.9. The van der Waals surface area contributed by atoms with Crippen molar-refractivity contribution in [3.05, 3.63) is 149 Å². The van der Waals surface area contributed by atoms with Gasteiger partial charge in [-0.1, -0.05) is 268 Å². The summed E-state index contributed by atoms with van der Waals surface area (Å²) in [7, 11) is 0. The minimum Gasteiger partial charge on any atom is -1.00 e. The van der Waals surface area contributed by atoms with E-state index in [1.165, 1.54) is 47.1 Å². The minimum absolute atomic E-state index is 0. The van der Waals surface area contributed by atoms with Crippen molar-refractivity contribution in [2.75, 3.05) is 70.7 Å². The Balaban J connectivity index is -0.000000160. The summed E-state index contributed by atoms with van der Waals surface area (Å²) in [5, 5.41) is 30.3. The first-order valence-electron chi connectivity index (χ1n) is 28.7. The Labute approximate surface area is 789 Å². The van der Waals surface area contributed by atoms with Crippen molar-refractivity contribution >= 4 is 225 Å². The van der Waals surface area contributed by atoms with E-state index in [4.69, 9.17) is 257 Å². The number of ether oxygens (including phenoxy) is 8. The van der Waals surface area contributed by atoms with Crippen LogP contribution < -0.4 is 141 Å². The van der Waals surface area contributed by atoms with Gasteiger partial charge in [0.05, 0.1) is 66.6 Å². The summed E-state index contributed by atoms with van der Waals surface area (Å²) >= 11 is 106. The van der Waals surface area contributed by atoms with Gasteiger partial charge in [0.1, 0.15) is 67.6 Å². The molecular weight excluding hydrogens is 1800 g/mol. The molecule has 32 heteroatoms. The molecule has 1 heterocycles. The number of phenols is 1. The van der Waals surface area contributed by atoms with Crippen LogP contribution in [0.25, 0.3) is 0 Å². The number of alkyl halides is 5. The van der Waals surface area contributed by atoms with Crippen LogP contribution in [0.4, 0.5) is 0 Å². The predicted molar refractivity (Wildman–Crippen MR) is 442 cm³/mol. The number of aliphatic hydroxyl groups excluding tert-OH is 2. The van der Waals surface area contributed by atoms with Crippen LogP contribution in [-0.2, 0) is 12.8 Å². The number of aliphatic hydroxyl groups is 2. The van der Waals surface area contributed by atoms with E-state index in [0.29, 0.717) is 122 Å². The summed E-state index contributed by atoms with van der Waals surface area (Å²) < 4.78 is 44.0. The van der Waals surface area contributed by atoms with E-state index in [-0.39, 0.29) is 212 Å². The molecule has 6 rings (SSSR count). The molecule has 101 heavy (non-hydrogen) atoms. The molecule has 1 aliphatic heterocycles. The maximum atomic E-state index is 9.17. The quantitative estimate of drug-likeness (QED) is 0.0216. The first-order chi connectivity index (χ1) is 44.4. The standard InChI is InChI=1S/C25H28Cl4O3.C13H13BrCl4O2.C13H14Cl4O3.C10H12Cl2O3.C3H4Cl4.5CH4.2K.H2.2H/c1-16-11-17(23-18(12-16)15-25(2,3)32-23)7-5-4-6-9-31-24-20(26)13-19(14-21(24)27)30-10-8-22(28)29;14-4-1-2-5-20-13-10(15)7-9(8-11(13)16)19-6-3-12(17)18;14-10-7-9(19-6-3-12(16)17)8-11(15)13(10)20-5-2-1-4-18;11-8-5-7(14)6-9(12)10(8)15-4-2-1-3-13;4-2-1-3(5,6)7;;;;;;;;;;/h8,11-14H,4-7,9-10,15H2,1-3H3;3,7-8H,1-2,4-6H2;3,7-8,18H,1-2,4-6H2;5-6,13-14H,1-4H2;1-2H2;5*1H4;;;1H;;/q;;;;;;;;;;2*+1;;2*-1. The van der Waals surface area contributed by atoms with E-state index in [9.17, 15) is 5.11 Å². The summed E-state index contributed by atoms with van der Waals surface area (Å²) in [6.07, 6.45) is 14.7. The van der Waals surface area contributed by atoms with Crippen LogP contribution in [0.3, 0.4) is 0 Å². The number of hydrogen-bond acceptors (Lipinski definition) is 11. The fourth-order valence-corrected chi connectivity index (χ4v) is 11.7. The van der Waals surface area contributed by atoms with Crippen molar-refractivity contribution < 1.29 is 160 Å². The number of benzene rings is 5. The van der Waals surface area contributed by atoms with Crippen molar-refractivity contribution in [2.24, 2.45) is 0 Å². The van der Waals surface area contributed by atoms with Crippen LogP contribution in [-0.4, -0.2) is 95.4 Å². The van der Waals surface area contributed by atoms with Crippen molar-refractivity contribution in [1.29, 1.82) is 0 Å². The smallest absolute Gasteiger partial charge is 1.00 e. The Kier molecular flexibility index (Phi) is 73.4. The van der Waals surface area contributed by atoms with Gasteiger partial charge >= 0.3 is 103 Å². The second-order valence-electron chi connectivity index (χ2n) is 20.3. The van der Waals surface area contributed by atoms with Gasteiger partial charge in [-0.3, -0.25) is 0 Å². The van der Waals surface area contributed by atoms with Gasteiger partial charge in [-0.25, -0.2) is 0 Å². The summed E-state index contributed by atoms with van der Waals surface area (Å²) in [6, 6.07) is 17.1. The molecule has 0 unspecified atom stereocenters. The Morgan fingerprint density at radius 3 is 1.11 bits per heavy atom. The average Bonchev–Trinajstić information content (AvgIpc) is 1.63. The molecule has 0 atom stereocenters. The van der Waals surface area contributed by atoms with Gasteiger partial charge in [-0.2, -0.15) is 0 Å². The van der Waals surface area contributed by atoms with Gasteiger partial charge in [0, 0.05) is 87.2 Å². The van der Waals surface area contributed by atoms with Crippen LogP contribution in [0, 0.1) is 6.92 Å². The van der Waals surface area contributed by atoms with Gasteiger partial charge in [-0.15, -0.1) is 11.6 Å². The molecule has 11 nitrogen and oxygen atoms in total. The van der Waals surface area contributed by atoms with E-state index >= 15 is 0 Å². The van der Waals surface area contributed by atoms with Crippen LogP contribution in [0.15, 0.2) is 92.4 Å². The Hall–Kier alpha value is 2.41. The molecule has 0 saturated carbocycles. The molecule has 5 aromatic rings. The molecule has 1 aliphatic rings. The van der Waals surface area contributed by atoms with Crippen molar-refractivity contribution in [1.82, 2.24) is 0 Å². The topological polar surface area (TPSA) is 135 Å². The molecular formula is C69H95BrCl18K2O11. The third kappa shape index (κ3) is 51.6. The largest absolute Gasteiger partial charge is 1.00 e. The zero-order valence-electron chi connectivity index (χ0n) is 55.1. The van der Waals surface area contributed by atoms with E-state index in [0.717, 1.165) is 68.9 Å². The van der Waals surface area contributed by atoms with E-state index in [1.54, 1.807) is 36.4 Å². The average molecular weight is 1900 g/mol. The summed E-state index contributed by atoms with van der Waals surface area (Å²) in [6.45, 7) is 9.36. The third-order valence-corrected chi connectivity index (χ3v) is 16.3. The number of halogens is 19. The Morgan fingerprint density at radius 1 is 0.505 bits per heavy atom. The number of fused-ring (bicyclic) bond motifs is 1. The fraction of sp³-hybridized carbons (Fsp3) is 0.478. The SMILES string of the molecule is C.C.C.C.C.Cc1cc(CCCCCOc2c(Cl)cc(OCC=C(Cl)Cl)cc2Cl)c2c(c1)CC(C)(C)O2.ClC(Cl)=CCOc1cc(Cl)c(OCCCCBr)c(Cl)c1.ClCCC(Cl)(Cl)Cl.OCCCCOc1c(Cl)cc(O)cc1Cl.OCCCCOc1c(Cl)cc(OCC=C(Cl)Cl)cc1Cl.[H-].[H-].[HH].[K+].[K+]. The number of rotatable bonds is 32. The van der Waals surface area contributed by atoms with Crippen molar-refractivity contribution in [3.63, 3.8) is 0 Å². The van der Waals surface area contributed by atoms with Gasteiger partial charge in [0.15, 0.2) is 26.8 Å². The van der Waals surface area contributed by atoms with E-state index < -0.39 is 3.79 Å². The number of hydrogen-bond donors (Lipinski definition) is 3. The molecule has 0 fully saturated rings. The third-order valence-electron chi connectivity index (χ3n) is 11.8. The zero-order valence-corrected chi connectivity index (χ0v) is 74.5. The van der Waals surface area contributed by atoms with Crippen LogP contribution in [0.2, 0.25) is 40.2 Å². The van der Waals surface area contributed by atoms with E-state index in [1.807, 2.05) is 0 Å². The number of aryl methyl sites for hydroxylation is 2. The van der Waals surface area contributed by atoms with Gasteiger partial charge < -0.3 is 56.1 Å². The Bertz CT molecular complexity index is 3000. The van der Waals surface area contributed by atoms with Gasteiger partial charge in [0.25, 0.3) is 0 Å². The summed E-state index contributed by atoms with van der Waals surface area (Å²) in [4.78, 5) is 0.